The Bertz CT molecular complexity index is 377. The largest absolute Gasteiger partial charge is 0.296 e. The van der Waals surface area contributed by atoms with Crippen molar-refractivity contribution in [3.05, 3.63) is 48.1 Å². The summed E-state index contributed by atoms with van der Waals surface area (Å²) < 4.78 is 27.2. The first-order valence-corrected chi connectivity index (χ1v) is 6.86. The van der Waals surface area contributed by atoms with E-state index in [0.29, 0.717) is 0 Å². The standard InChI is InChI=1S/C13H17F2N.C3H6/c1-10(16-8-3-2-4-9-16)13-11(14)6-5-7-12(13)15;1-3-2/h5-7,10H,2-4,8-9H2,1H3;3H,1H2,2H3. The predicted octanol–water partition coefficient (Wildman–Crippen LogP) is 4.70. The molecular weight excluding hydrogens is 244 g/mol. The van der Waals surface area contributed by atoms with E-state index in [-0.39, 0.29) is 11.6 Å². The van der Waals surface area contributed by atoms with Crippen molar-refractivity contribution < 1.29 is 8.78 Å². The van der Waals surface area contributed by atoms with E-state index in [9.17, 15) is 8.78 Å². The Morgan fingerprint density at radius 2 is 1.63 bits per heavy atom. The normalized spacial score (nSPS) is 17.3. The molecular formula is C16H23F2N. The summed E-state index contributed by atoms with van der Waals surface area (Å²) in [6.45, 7) is 9.01. The number of allylic oxidation sites excluding steroid dienone is 1. The van der Waals surface area contributed by atoms with Gasteiger partial charge in [-0.05, 0) is 51.9 Å². The molecule has 0 aliphatic carbocycles. The average molecular weight is 267 g/mol. The zero-order chi connectivity index (χ0) is 14.3. The van der Waals surface area contributed by atoms with Gasteiger partial charge < -0.3 is 0 Å². The second kappa shape index (κ2) is 8.05. The zero-order valence-electron chi connectivity index (χ0n) is 11.8. The highest BCUT2D eigenvalue weighted by molar-refractivity contribution is 5.23. The number of nitrogens with zero attached hydrogens (tertiary/aromatic N) is 1. The summed E-state index contributed by atoms with van der Waals surface area (Å²) >= 11 is 0. The first-order chi connectivity index (χ1) is 9.11. The molecule has 1 fully saturated rings. The molecule has 0 N–H and O–H groups in total. The third-order valence-electron chi connectivity index (χ3n) is 3.36. The van der Waals surface area contributed by atoms with Crippen molar-refractivity contribution in [2.75, 3.05) is 13.1 Å². The Morgan fingerprint density at radius 3 is 2.11 bits per heavy atom. The third-order valence-corrected chi connectivity index (χ3v) is 3.36. The predicted molar refractivity (Wildman–Crippen MR) is 76.1 cm³/mol. The van der Waals surface area contributed by atoms with Gasteiger partial charge >= 0.3 is 0 Å². The van der Waals surface area contributed by atoms with Crippen molar-refractivity contribution in [2.24, 2.45) is 0 Å². The molecule has 1 aromatic rings. The summed E-state index contributed by atoms with van der Waals surface area (Å²) in [5, 5.41) is 0. The van der Waals surface area contributed by atoms with Crippen LogP contribution in [0.1, 0.15) is 44.7 Å². The van der Waals surface area contributed by atoms with E-state index in [1.54, 1.807) is 6.08 Å². The van der Waals surface area contributed by atoms with Gasteiger partial charge in [-0.1, -0.05) is 18.6 Å². The highest BCUT2D eigenvalue weighted by Crippen LogP contribution is 2.27. The van der Waals surface area contributed by atoms with Gasteiger partial charge in [-0.25, -0.2) is 8.78 Å². The van der Waals surface area contributed by atoms with Crippen molar-refractivity contribution in [3.63, 3.8) is 0 Å². The number of hydrogen-bond acceptors (Lipinski definition) is 1. The maximum Gasteiger partial charge on any atom is 0.130 e. The van der Waals surface area contributed by atoms with Gasteiger partial charge in [0.25, 0.3) is 0 Å². The van der Waals surface area contributed by atoms with Crippen LogP contribution >= 0.6 is 0 Å². The van der Waals surface area contributed by atoms with Crippen LogP contribution in [0.5, 0.6) is 0 Å². The van der Waals surface area contributed by atoms with Gasteiger partial charge in [0.1, 0.15) is 11.6 Å². The van der Waals surface area contributed by atoms with Crippen LogP contribution in [0.3, 0.4) is 0 Å². The summed E-state index contributed by atoms with van der Waals surface area (Å²) in [5.41, 5.74) is 0.212. The summed E-state index contributed by atoms with van der Waals surface area (Å²) in [7, 11) is 0. The minimum Gasteiger partial charge on any atom is -0.296 e. The van der Waals surface area contributed by atoms with Gasteiger partial charge in [0.2, 0.25) is 0 Å². The van der Waals surface area contributed by atoms with Crippen LogP contribution in [0.15, 0.2) is 30.9 Å². The van der Waals surface area contributed by atoms with Crippen molar-refractivity contribution in [3.8, 4) is 0 Å². The fourth-order valence-corrected chi connectivity index (χ4v) is 2.40. The van der Waals surface area contributed by atoms with Crippen LogP contribution in [0, 0.1) is 11.6 Å². The van der Waals surface area contributed by atoms with Crippen LogP contribution in [-0.2, 0) is 0 Å². The quantitative estimate of drug-likeness (QED) is 0.702. The van der Waals surface area contributed by atoms with Crippen molar-refractivity contribution in [1.29, 1.82) is 0 Å². The number of hydrogen-bond donors (Lipinski definition) is 0. The van der Waals surface area contributed by atoms with Crippen LogP contribution in [0.4, 0.5) is 8.78 Å². The average Bonchev–Trinajstić information content (AvgIpc) is 2.40. The van der Waals surface area contributed by atoms with Gasteiger partial charge in [-0.2, -0.15) is 0 Å². The number of halogens is 2. The molecule has 0 amide bonds. The molecule has 0 aromatic heterocycles. The minimum atomic E-state index is -0.432. The van der Waals surface area contributed by atoms with E-state index in [0.717, 1.165) is 25.9 Å². The van der Waals surface area contributed by atoms with E-state index in [2.05, 4.69) is 11.5 Å². The molecule has 1 nitrogen and oxygen atoms in total. The number of likely N-dealkylation sites (tertiary alicyclic amines) is 1. The molecule has 0 radical (unpaired) electrons. The van der Waals surface area contributed by atoms with Gasteiger partial charge in [-0.3, -0.25) is 4.90 Å². The number of rotatable bonds is 2. The van der Waals surface area contributed by atoms with Crippen LogP contribution in [0.25, 0.3) is 0 Å². The molecule has 0 bridgehead atoms. The van der Waals surface area contributed by atoms with Gasteiger partial charge in [0, 0.05) is 11.6 Å². The summed E-state index contributed by atoms with van der Waals surface area (Å²) in [4.78, 5) is 2.16. The summed E-state index contributed by atoms with van der Waals surface area (Å²) in [6.07, 6.45) is 5.23. The molecule has 1 aromatic carbocycles. The maximum absolute atomic E-state index is 13.6. The first kappa shape index (κ1) is 15.8. The Labute approximate surface area is 114 Å². The topological polar surface area (TPSA) is 3.24 Å². The van der Waals surface area contributed by atoms with Crippen molar-refractivity contribution >= 4 is 0 Å². The number of benzene rings is 1. The van der Waals surface area contributed by atoms with Crippen LogP contribution < -0.4 is 0 Å². The third kappa shape index (κ3) is 4.43. The molecule has 1 atom stereocenters. The molecule has 2 rings (SSSR count). The lowest BCUT2D eigenvalue weighted by Gasteiger charge is -2.32. The SMILES string of the molecule is C=CC.CC(c1c(F)cccc1F)N1CCCCC1. The summed E-state index contributed by atoms with van der Waals surface area (Å²) in [6, 6.07) is 3.91. The van der Waals surface area contributed by atoms with E-state index in [4.69, 9.17) is 0 Å². The molecule has 0 saturated carbocycles. The van der Waals surface area contributed by atoms with Crippen LogP contribution in [-0.4, -0.2) is 18.0 Å². The van der Waals surface area contributed by atoms with E-state index in [1.165, 1.54) is 24.6 Å². The molecule has 1 aliphatic heterocycles. The summed E-state index contributed by atoms with van der Waals surface area (Å²) in [5.74, 6) is -0.865. The fourth-order valence-electron chi connectivity index (χ4n) is 2.40. The minimum absolute atomic E-state index is 0.165. The lowest BCUT2D eigenvalue weighted by molar-refractivity contribution is 0.168. The molecule has 106 valence electrons. The van der Waals surface area contributed by atoms with Gasteiger partial charge in [-0.15, -0.1) is 6.58 Å². The molecule has 19 heavy (non-hydrogen) atoms. The van der Waals surface area contributed by atoms with Gasteiger partial charge in [0.15, 0.2) is 0 Å². The lowest BCUT2D eigenvalue weighted by Crippen LogP contribution is -2.33. The monoisotopic (exact) mass is 267 g/mol. The Balaban J connectivity index is 0.000000550. The lowest BCUT2D eigenvalue weighted by atomic mass is 10.0. The van der Waals surface area contributed by atoms with Gasteiger partial charge in [0.05, 0.1) is 0 Å². The molecule has 1 heterocycles. The second-order valence-corrected chi connectivity index (χ2v) is 4.82. The van der Waals surface area contributed by atoms with E-state index in [1.807, 2.05) is 13.8 Å². The van der Waals surface area contributed by atoms with Crippen molar-refractivity contribution in [1.82, 2.24) is 4.90 Å². The smallest absolute Gasteiger partial charge is 0.130 e. The molecule has 0 spiro atoms. The highest BCUT2D eigenvalue weighted by atomic mass is 19.1. The van der Waals surface area contributed by atoms with E-state index >= 15 is 0 Å². The molecule has 1 aliphatic rings. The van der Waals surface area contributed by atoms with Crippen LogP contribution in [0.2, 0.25) is 0 Å². The fraction of sp³-hybridized carbons (Fsp3) is 0.500. The maximum atomic E-state index is 13.6. The highest BCUT2D eigenvalue weighted by Gasteiger charge is 2.23. The van der Waals surface area contributed by atoms with E-state index < -0.39 is 11.6 Å². The van der Waals surface area contributed by atoms with Crippen molar-refractivity contribution in [2.45, 2.75) is 39.2 Å². The zero-order valence-corrected chi connectivity index (χ0v) is 11.8. The molecule has 1 unspecified atom stereocenters. The second-order valence-electron chi connectivity index (χ2n) is 4.82. The Hall–Kier alpha value is -1.22. The molecule has 1 saturated heterocycles. The Kier molecular flexibility index (Phi) is 6.71. The first-order valence-electron chi connectivity index (χ1n) is 6.86. The Morgan fingerprint density at radius 1 is 1.16 bits per heavy atom. The molecule has 3 heteroatoms. The number of piperidine rings is 1.